The molecule has 1 N–H and O–H groups in total. The standard InChI is InChI=1S/C27H26N2O6S2/c1-14-23-17(15(2)30)11-12-18(16(3)31)25(23)36-24(14)26(32)29-22-13-20(27(4,5)35-37(6,33)34)19-9-7-8-10-21(19)28-22/h7-13H,1-6H3,(H,28,29,32). The summed E-state index contributed by atoms with van der Waals surface area (Å²) in [6, 6.07) is 12.0. The summed E-state index contributed by atoms with van der Waals surface area (Å²) in [6.07, 6.45) is 0.982. The van der Waals surface area contributed by atoms with Crippen molar-refractivity contribution in [3.8, 4) is 0 Å². The molecular weight excluding hydrogens is 512 g/mol. The molecule has 2 aromatic carbocycles. The predicted octanol–water partition coefficient (Wildman–Crippen LogP) is 5.63. The van der Waals surface area contributed by atoms with Crippen molar-refractivity contribution in [1.29, 1.82) is 0 Å². The molecule has 0 fully saturated rings. The number of rotatable bonds is 7. The zero-order valence-electron chi connectivity index (χ0n) is 21.3. The minimum absolute atomic E-state index is 0.165. The number of benzene rings is 2. The fourth-order valence-corrected chi connectivity index (χ4v) is 6.61. The molecule has 8 nitrogen and oxygen atoms in total. The first-order valence-electron chi connectivity index (χ1n) is 11.4. The number of hydrogen-bond donors (Lipinski definition) is 1. The lowest BCUT2D eigenvalue weighted by molar-refractivity contribution is 0.100. The maximum atomic E-state index is 13.5. The topological polar surface area (TPSA) is 119 Å². The molecule has 192 valence electrons. The van der Waals surface area contributed by atoms with Crippen LogP contribution in [-0.2, 0) is 19.9 Å². The van der Waals surface area contributed by atoms with E-state index in [1.807, 2.05) is 6.07 Å². The quantitative estimate of drug-likeness (QED) is 0.239. The number of Topliss-reactive ketones (excluding diaryl/α,β-unsaturated/α-hetero) is 2. The second-order valence-corrected chi connectivity index (χ2v) is 12.0. The van der Waals surface area contributed by atoms with Crippen LogP contribution >= 0.6 is 11.3 Å². The Balaban J connectivity index is 1.84. The van der Waals surface area contributed by atoms with Crippen LogP contribution in [0.1, 0.15) is 69.2 Å². The normalized spacial score (nSPS) is 12.2. The summed E-state index contributed by atoms with van der Waals surface area (Å²) in [5.41, 5.74) is 1.32. The van der Waals surface area contributed by atoms with E-state index in [4.69, 9.17) is 4.18 Å². The van der Waals surface area contributed by atoms with E-state index in [0.29, 0.717) is 48.1 Å². The lowest BCUT2D eigenvalue weighted by atomic mass is 9.94. The van der Waals surface area contributed by atoms with Gasteiger partial charge in [0.15, 0.2) is 11.6 Å². The number of amides is 1. The minimum atomic E-state index is -3.78. The maximum absolute atomic E-state index is 13.5. The first-order chi connectivity index (χ1) is 17.2. The highest BCUT2D eigenvalue weighted by atomic mass is 32.2. The first-order valence-corrected chi connectivity index (χ1v) is 14.0. The molecule has 4 rings (SSSR count). The number of anilines is 1. The van der Waals surface area contributed by atoms with Crippen LogP contribution in [0.25, 0.3) is 21.0 Å². The molecular formula is C27H26N2O6S2. The van der Waals surface area contributed by atoms with Crippen molar-refractivity contribution in [3.63, 3.8) is 0 Å². The summed E-state index contributed by atoms with van der Waals surface area (Å²) in [4.78, 5) is 42.8. The average molecular weight is 539 g/mol. The van der Waals surface area contributed by atoms with Gasteiger partial charge in [-0.25, -0.2) is 4.98 Å². The Labute approximate surface area is 218 Å². The van der Waals surface area contributed by atoms with Crippen LogP contribution in [0.15, 0.2) is 42.5 Å². The molecule has 0 aliphatic rings. The number of hydrogen-bond acceptors (Lipinski definition) is 8. The molecule has 2 heterocycles. The van der Waals surface area contributed by atoms with Gasteiger partial charge in [0, 0.05) is 26.6 Å². The molecule has 0 aliphatic heterocycles. The van der Waals surface area contributed by atoms with Gasteiger partial charge in [0.2, 0.25) is 0 Å². The summed E-state index contributed by atoms with van der Waals surface area (Å²) in [7, 11) is -3.78. The molecule has 2 aromatic heterocycles. The molecule has 0 atom stereocenters. The van der Waals surface area contributed by atoms with E-state index in [1.165, 1.54) is 13.8 Å². The molecule has 1 amide bonds. The van der Waals surface area contributed by atoms with Crippen LogP contribution in [-0.4, -0.2) is 37.1 Å². The van der Waals surface area contributed by atoms with Gasteiger partial charge in [-0.1, -0.05) is 18.2 Å². The minimum Gasteiger partial charge on any atom is -0.306 e. The Bertz CT molecular complexity index is 1720. The summed E-state index contributed by atoms with van der Waals surface area (Å²) < 4.78 is 29.8. The summed E-state index contributed by atoms with van der Waals surface area (Å²) >= 11 is 1.14. The molecule has 0 saturated carbocycles. The van der Waals surface area contributed by atoms with E-state index in [2.05, 4.69) is 10.3 Å². The van der Waals surface area contributed by atoms with Gasteiger partial charge in [0.1, 0.15) is 11.4 Å². The van der Waals surface area contributed by atoms with Crippen molar-refractivity contribution in [2.75, 3.05) is 11.6 Å². The van der Waals surface area contributed by atoms with Gasteiger partial charge < -0.3 is 5.32 Å². The Hall–Kier alpha value is -3.47. The van der Waals surface area contributed by atoms with E-state index in [1.54, 1.807) is 57.2 Å². The largest absolute Gasteiger partial charge is 0.306 e. The van der Waals surface area contributed by atoms with Crippen molar-refractivity contribution in [2.45, 2.75) is 40.2 Å². The SMILES string of the molecule is CC(=O)c1ccc(C(C)=O)c2c(C)c(C(=O)Nc3cc(C(C)(C)OS(C)(=O)=O)c4ccccc4n3)sc12. The van der Waals surface area contributed by atoms with Crippen LogP contribution in [0.2, 0.25) is 0 Å². The van der Waals surface area contributed by atoms with Crippen LogP contribution in [0.4, 0.5) is 5.82 Å². The Kier molecular flexibility index (Phi) is 6.78. The van der Waals surface area contributed by atoms with E-state index in [0.717, 1.165) is 17.6 Å². The molecule has 4 aromatic rings. The van der Waals surface area contributed by atoms with Crippen molar-refractivity contribution in [2.24, 2.45) is 0 Å². The van der Waals surface area contributed by atoms with E-state index >= 15 is 0 Å². The Morgan fingerprint density at radius 2 is 1.62 bits per heavy atom. The third-order valence-electron chi connectivity index (χ3n) is 6.01. The smallest absolute Gasteiger partial charge is 0.267 e. The van der Waals surface area contributed by atoms with Crippen molar-refractivity contribution in [1.82, 2.24) is 4.98 Å². The van der Waals surface area contributed by atoms with Gasteiger partial charge in [0.05, 0.1) is 16.6 Å². The number of carbonyl (C=O) groups excluding carboxylic acids is 3. The molecule has 0 radical (unpaired) electrons. The third-order valence-corrected chi connectivity index (χ3v) is 8.05. The highest BCUT2D eigenvalue weighted by Crippen LogP contribution is 2.38. The summed E-state index contributed by atoms with van der Waals surface area (Å²) in [6.45, 7) is 7.89. The molecule has 0 aliphatic carbocycles. The van der Waals surface area contributed by atoms with Gasteiger partial charge in [0.25, 0.3) is 16.0 Å². The molecule has 10 heteroatoms. The number of para-hydroxylation sites is 1. The summed E-state index contributed by atoms with van der Waals surface area (Å²) in [5.74, 6) is -0.582. The second kappa shape index (κ2) is 9.44. The second-order valence-electron chi connectivity index (χ2n) is 9.36. The molecule has 37 heavy (non-hydrogen) atoms. The number of nitrogens with zero attached hydrogens (tertiary/aromatic N) is 1. The van der Waals surface area contributed by atoms with Gasteiger partial charge in [-0.3, -0.25) is 18.6 Å². The Morgan fingerprint density at radius 1 is 1.00 bits per heavy atom. The van der Waals surface area contributed by atoms with Gasteiger partial charge in [-0.15, -0.1) is 11.3 Å². The van der Waals surface area contributed by atoms with Crippen LogP contribution in [0.3, 0.4) is 0 Å². The predicted molar refractivity (Wildman–Crippen MR) is 145 cm³/mol. The van der Waals surface area contributed by atoms with E-state index < -0.39 is 21.6 Å². The van der Waals surface area contributed by atoms with E-state index in [9.17, 15) is 22.8 Å². The Morgan fingerprint density at radius 3 is 2.24 bits per heavy atom. The monoisotopic (exact) mass is 538 g/mol. The van der Waals surface area contributed by atoms with Crippen molar-refractivity contribution < 1.29 is 27.0 Å². The number of thiophene rings is 1. The number of carbonyl (C=O) groups is 3. The number of nitrogens with one attached hydrogen (secondary N) is 1. The van der Waals surface area contributed by atoms with Crippen molar-refractivity contribution in [3.05, 3.63) is 69.6 Å². The highest BCUT2D eigenvalue weighted by Gasteiger charge is 2.30. The van der Waals surface area contributed by atoms with Crippen LogP contribution in [0.5, 0.6) is 0 Å². The fourth-order valence-electron chi connectivity index (χ4n) is 4.47. The van der Waals surface area contributed by atoms with Crippen LogP contribution in [0, 0.1) is 6.92 Å². The zero-order chi connectivity index (χ0) is 27.3. The first kappa shape index (κ1) is 26.6. The van der Waals surface area contributed by atoms with Gasteiger partial charge >= 0.3 is 0 Å². The molecule has 0 unspecified atom stereocenters. The number of ketones is 2. The number of aromatic nitrogens is 1. The van der Waals surface area contributed by atoms with Gasteiger partial charge in [-0.2, -0.15) is 8.42 Å². The zero-order valence-corrected chi connectivity index (χ0v) is 22.9. The van der Waals surface area contributed by atoms with Crippen LogP contribution < -0.4 is 5.32 Å². The number of pyridine rings is 1. The third kappa shape index (κ3) is 5.18. The molecule has 0 saturated heterocycles. The number of aryl methyl sites for hydroxylation is 1. The summed E-state index contributed by atoms with van der Waals surface area (Å²) in [5, 5.41) is 4.08. The molecule has 0 bridgehead atoms. The molecule has 0 spiro atoms. The maximum Gasteiger partial charge on any atom is 0.267 e. The fraction of sp³-hybridized carbons (Fsp3) is 0.259. The van der Waals surface area contributed by atoms with Gasteiger partial charge in [-0.05, 0) is 70.0 Å². The average Bonchev–Trinajstić information content (AvgIpc) is 3.13. The van der Waals surface area contributed by atoms with E-state index in [-0.39, 0.29) is 17.4 Å². The lowest BCUT2D eigenvalue weighted by Gasteiger charge is -2.26. The number of fused-ring (bicyclic) bond motifs is 2. The van der Waals surface area contributed by atoms with Crippen molar-refractivity contribution >= 4 is 65.7 Å². The lowest BCUT2D eigenvalue weighted by Crippen LogP contribution is -2.26. The highest BCUT2D eigenvalue weighted by molar-refractivity contribution is 7.86.